The molecule has 0 heterocycles. The largest absolute Gasteiger partial charge is 0.469 e. The van der Waals surface area contributed by atoms with E-state index in [1.54, 1.807) is 0 Å². The minimum absolute atomic E-state index is 0.0784. The second-order valence-electron chi connectivity index (χ2n) is 4.50. The van der Waals surface area contributed by atoms with Gasteiger partial charge in [0.1, 0.15) is 0 Å². The molecule has 0 bridgehead atoms. The number of carbonyl (C=O) groups excluding carboxylic acids is 1. The molecule has 0 aliphatic heterocycles. The van der Waals surface area contributed by atoms with Crippen molar-refractivity contribution in [3.8, 4) is 0 Å². The maximum atomic E-state index is 10.9. The van der Waals surface area contributed by atoms with Gasteiger partial charge in [0, 0.05) is 10.8 Å². The summed E-state index contributed by atoms with van der Waals surface area (Å²) in [6.45, 7) is 2.03. The molecule has 2 unspecified atom stereocenters. The molecule has 2 nitrogen and oxygen atoms in total. The third kappa shape index (κ3) is 12.3. The Balaban J connectivity index is 3.24. The number of carbonyl (C=O) groups is 1. The molecule has 0 aromatic heterocycles. The molecule has 0 saturated carbocycles. The number of alkyl halides is 2. The third-order valence-electron chi connectivity index (χ3n) is 2.74. The number of methoxy groups -OCH3 is 1. The van der Waals surface area contributed by atoms with Crippen molar-refractivity contribution < 1.29 is 9.53 Å². The Bertz CT molecular complexity index is 196. The lowest BCUT2D eigenvalue weighted by Gasteiger charge is -2.07. The van der Waals surface area contributed by atoms with E-state index in [0.717, 1.165) is 19.3 Å². The highest BCUT2D eigenvalue weighted by atomic mass is 35.5. The zero-order valence-corrected chi connectivity index (χ0v) is 12.4. The van der Waals surface area contributed by atoms with Gasteiger partial charge in [-0.15, -0.1) is 23.2 Å². The van der Waals surface area contributed by atoms with E-state index in [9.17, 15) is 4.79 Å². The van der Waals surface area contributed by atoms with E-state index in [-0.39, 0.29) is 11.3 Å². The molecule has 0 radical (unpaired) electrons. The van der Waals surface area contributed by atoms with E-state index in [1.165, 1.54) is 32.8 Å². The van der Waals surface area contributed by atoms with Crippen LogP contribution >= 0.6 is 23.2 Å². The van der Waals surface area contributed by atoms with Gasteiger partial charge in [-0.3, -0.25) is 4.79 Å². The van der Waals surface area contributed by atoms with Gasteiger partial charge in [0.15, 0.2) is 0 Å². The van der Waals surface area contributed by atoms with Crippen molar-refractivity contribution in [1.29, 1.82) is 0 Å². The topological polar surface area (TPSA) is 26.3 Å². The Morgan fingerprint density at radius 1 is 1.06 bits per heavy atom. The molecular weight excluding hydrogens is 259 g/mol. The summed E-state index contributed by atoms with van der Waals surface area (Å²) in [7, 11) is 1.39. The summed E-state index contributed by atoms with van der Waals surface area (Å²) < 4.78 is 4.57. The Morgan fingerprint density at radius 2 is 1.59 bits per heavy atom. The standard InChI is InChI=1S/C13H24Cl2O2/c1-11(14)8-6-4-3-5-7-9-12(15)10-13(16)17-2/h11-12H,3-10H2,1-2H3. The van der Waals surface area contributed by atoms with Crippen LogP contribution in [0.4, 0.5) is 0 Å². The Hall–Kier alpha value is 0.0500. The van der Waals surface area contributed by atoms with Crippen molar-refractivity contribution in [2.24, 2.45) is 0 Å². The van der Waals surface area contributed by atoms with Crippen LogP contribution in [0, 0.1) is 0 Å². The van der Waals surface area contributed by atoms with Crippen LogP contribution in [0.5, 0.6) is 0 Å². The molecule has 102 valence electrons. The van der Waals surface area contributed by atoms with Crippen molar-refractivity contribution in [2.45, 2.75) is 69.0 Å². The van der Waals surface area contributed by atoms with Gasteiger partial charge in [-0.2, -0.15) is 0 Å². The molecule has 2 atom stereocenters. The van der Waals surface area contributed by atoms with Crippen LogP contribution in [-0.2, 0) is 9.53 Å². The number of rotatable bonds is 10. The molecule has 0 fully saturated rings. The minimum atomic E-state index is -0.221. The number of esters is 1. The molecule has 0 aliphatic carbocycles. The summed E-state index contributed by atoms with van der Waals surface area (Å²) in [4.78, 5) is 10.9. The number of hydrogen-bond acceptors (Lipinski definition) is 2. The van der Waals surface area contributed by atoms with E-state index in [0.29, 0.717) is 11.8 Å². The summed E-state index contributed by atoms with van der Waals surface area (Å²) in [6, 6.07) is 0. The molecule has 4 heteroatoms. The first-order valence-electron chi connectivity index (χ1n) is 6.41. The summed E-state index contributed by atoms with van der Waals surface area (Å²) >= 11 is 11.9. The number of halogens is 2. The van der Waals surface area contributed by atoms with Crippen LogP contribution in [0.15, 0.2) is 0 Å². The Kier molecular flexibility index (Phi) is 11.2. The second kappa shape index (κ2) is 11.2. The smallest absolute Gasteiger partial charge is 0.307 e. The highest BCUT2D eigenvalue weighted by Crippen LogP contribution is 2.15. The number of hydrogen-bond donors (Lipinski definition) is 0. The monoisotopic (exact) mass is 282 g/mol. The second-order valence-corrected chi connectivity index (χ2v) is 5.87. The van der Waals surface area contributed by atoms with Crippen molar-refractivity contribution in [2.75, 3.05) is 7.11 Å². The third-order valence-corrected chi connectivity index (χ3v) is 3.33. The van der Waals surface area contributed by atoms with Crippen LogP contribution in [0.1, 0.15) is 58.3 Å². The lowest BCUT2D eigenvalue weighted by Crippen LogP contribution is -2.09. The maximum absolute atomic E-state index is 10.9. The van der Waals surface area contributed by atoms with Gasteiger partial charge in [0.2, 0.25) is 0 Å². The van der Waals surface area contributed by atoms with Gasteiger partial charge in [-0.1, -0.05) is 32.1 Å². The van der Waals surface area contributed by atoms with E-state index >= 15 is 0 Å². The Labute approximate surface area is 115 Å². The van der Waals surface area contributed by atoms with Crippen LogP contribution in [-0.4, -0.2) is 23.8 Å². The molecule has 0 aromatic rings. The first kappa shape index (κ1) is 17.1. The summed E-state index contributed by atoms with van der Waals surface area (Å²) in [5.74, 6) is -0.221. The van der Waals surface area contributed by atoms with E-state index in [2.05, 4.69) is 4.74 Å². The fourth-order valence-corrected chi connectivity index (χ4v) is 2.12. The fraction of sp³-hybridized carbons (Fsp3) is 0.923. The molecule has 17 heavy (non-hydrogen) atoms. The highest BCUT2D eigenvalue weighted by Gasteiger charge is 2.10. The van der Waals surface area contributed by atoms with Crippen LogP contribution in [0.2, 0.25) is 0 Å². The maximum Gasteiger partial charge on any atom is 0.307 e. The number of unbranched alkanes of at least 4 members (excludes halogenated alkanes) is 4. The van der Waals surface area contributed by atoms with E-state index < -0.39 is 0 Å². The average Bonchev–Trinajstić information content (AvgIpc) is 2.27. The number of ether oxygens (including phenoxy) is 1. The molecular formula is C13H24Cl2O2. The predicted molar refractivity (Wildman–Crippen MR) is 73.9 cm³/mol. The zero-order chi connectivity index (χ0) is 13.1. The molecule has 0 N–H and O–H groups in total. The van der Waals surface area contributed by atoms with Gasteiger partial charge in [0.05, 0.1) is 13.5 Å². The van der Waals surface area contributed by atoms with Gasteiger partial charge < -0.3 is 4.74 Å². The molecule has 0 rings (SSSR count). The lowest BCUT2D eigenvalue weighted by atomic mass is 10.1. The summed E-state index contributed by atoms with van der Waals surface area (Å²) in [5.41, 5.74) is 0. The van der Waals surface area contributed by atoms with Gasteiger partial charge in [-0.25, -0.2) is 0 Å². The first-order chi connectivity index (χ1) is 8.06. The zero-order valence-electron chi connectivity index (χ0n) is 10.9. The van der Waals surface area contributed by atoms with Crippen LogP contribution in [0.25, 0.3) is 0 Å². The molecule has 0 amide bonds. The minimum Gasteiger partial charge on any atom is -0.469 e. The van der Waals surface area contributed by atoms with Crippen LogP contribution < -0.4 is 0 Å². The van der Waals surface area contributed by atoms with Gasteiger partial charge >= 0.3 is 5.97 Å². The first-order valence-corrected chi connectivity index (χ1v) is 7.28. The van der Waals surface area contributed by atoms with Gasteiger partial charge in [0.25, 0.3) is 0 Å². The van der Waals surface area contributed by atoms with Gasteiger partial charge in [-0.05, 0) is 19.8 Å². The fourth-order valence-electron chi connectivity index (χ4n) is 1.69. The van der Waals surface area contributed by atoms with E-state index in [1.807, 2.05) is 6.92 Å². The summed E-state index contributed by atoms with van der Waals surface area (Å²) in [6.07, 6.45) is 8.25. The normalized spacial score (nSPS) is 14.4. The van der Waals surface area contributed by atoms with E-state index in [4.69, 9.17) is 23.2 Å². The highest BCUT2D eigenvalue weighted by molar-refractivity contribution is 6.21. The average molecular weight is 283 g/mol. The van der Waals surface area contributed by atoms with Crippen LogP contribution in [0.3, 0.4) is 0 Å². The quantitative estimate of drug-likeness (QED) is 0.335. The predicted octanol–water partition coefficient (Wildman–Crippen LogP) is 4.51. The molecule has 0 saturated heterocycles. The van der Waals surface area contributed by atoms with Crippen molar-refractivity contribution in [3.05, 3.63) is 0 Å². The SMILES string of the molecule is COC(=O)CC(Cl)CCCCCCCC(C)Cl. The molecule has 0 aliphatic rings. The van der Waals surface area contributed by atoms with Crippen molar-refractivity contribution in [3.63, 3.8) is 0 Å². The summed E-state index contributed by atoms with van der Waals surface area (Å²) in [5, 5.41) is 0.215. The lowest BCUT2D eigenvalue weighted by molar-refractivity contribution is -0.140. The van der Waals surface area contributed by atoms with Crippen molar-refractivity contribution in [1.82, 2.24) is 0 Å². The Morgan fingerprint density at radius 3 is 2.12 bits per heavy atom. The molecule has 0 aromatic carbocycles. The van der Waals surface area contributed by atoms with Crippen molar-refractivity contribution >= 4 is 29.2 Å². The molecule has 0 spiro atoms.